The van der Waals surface area contributed by atoms with E-state index in [4.69, 9.17) is 21.4 Å². The number of rotatable bonds is 7. The monoisotopic (exact) mass is 371 g/mol. The lowest BCUT2D eigenvalue weighted by molar-refractivity contribution is -0.0591. The van der Waals surface area contributed by atoms with Crippen LogP contribution in [0.4, 0.5) is 0 Å². The Bertz CT molecular complexity index is 555. The molecule has 0 atom stereocenters. The van der Waals surface area contributed by atoms with Gasteiger partial charge in [0.05, 0.1) is 23.2 Å². The fraction of sp³-hybridized carbons (Fsp3) is 0.667. The lowest BCUT2D eigenvalue weighted by Gasteiger charge is -2.36. The van der Waals surface area contributed by atoms with E-state index >= 15 is 0 Å². The van der Waals surface area contributed by atoms with Gasteiger partial charge in [0.25, 0.3) is 0 Å². The Balaban J connectivity index is 2.03. The largest absolute Gasteiger partial charge is 0.394 e. The van der Waals surface area contributed by atoms with Crippen molar-refractivity contribution in [2.75, 3.05) is 31.3 Å². The predicted octanol–water partition coefficient (Wildman–Crippen LogP) is 1.95. The molecule has 0 amide bonds. The maximum absolute atomic E-state index is 12.2. The molecule has 0 aromatic carbocycles. The van der Waals surface area contributed by atoms with Crippen molar-refractivity contribution >= 4 is 44.7 Å². The fourth-order valence-corrected chi connectivity index (χ4v) is 6.00. The van der Waals surface area contributed by atoms with Gasteiger partial charge >= 0.3 is 0 Å². The minimum atomic E-state index is -3.57. The smallest absolute Gasteiger partial charge is 0.250 e. The van der Waals surface area contributed by atoms with Crippen molar-refractivity contribution in [2.45, 2.75) is 22.7 Å². The molecule has 2 N–H and O–H groups in total. The molecule has 1 aliphatic rings. The van der Waals surface area contributed by atoms with E-state index < -0.39 is 15.6 Å². The number of nitrogens with one attached hydrogen (secondary N) is 1. The van der Waals surface area contributed by atoms with E-state index in [9.17, 15) is 8.42 Å². The van der Waals surface area contributed by atoms with Gasteiger partial charge in [-0.25, -0.2) is 13.1 Å². The Morgan fingerprint density at radius 1 is 1.38 bits per heavy atom. The van der Waals surface area contributed by atoms with Gasteiger partial charge in [-0.2, -0.15) is 11.8 Å². The highest BCUT2D eigenvalue weighted by Gasteiger charge is 2.34. The summed E-state index contributed by atoms with van der Waals surface area (Å²) in [4.78, 5) is 0. The number of hydrogen-bond acceptors (Lipinski definition) is 6. The summed E-state index contributed by atoms with van der Waals surface area (Å²) in [7, 11) is -3.57. The number of halogens is 1. The minimum absolute atomic E-state index is 0.0673. The molecule has 9 heteroatoms. The van der Waals surface area contributed by atoms with Crippen molar-refractivity contribution in [3.63, 3.8) is 0 Å². The molecule has 21 heavy (non-hydrogen) atoms. The number of sulfonamides is 1. The second-order valence-electron chi connectivity index (χ2n) is 4.75. The summed E-state index contributed by atoms with van der Waals surface area (Å²) < 4.78 is 33.5. The van der Waals surface area contributed by atoms with Gasteiger partial charge in [0.2, 0.25) is 10.0 Å². The van der Waals surface area contributed by atoms with Crippen LogP contribution < -0.4 is 4.72 Å². The Labute approximate surface area is 138 Å². The summed E-state index contributed by atoms with van der Waals surface area (Å²) in [6.45, 7) is 0.366. The van der Waals surface area contributed by atoms with Crippen LogP contribution >= 0.6 is 34.7 Å². The second-order valence-corrected chi connectivity index (χ2v) is 9.68. The number of hydrogen-bond donors (Lipinski definition) is 2. The highest BCUT2D eigenvalue weighted by atomic mass is 35.5. The van der Waals surface area contributed by atoms with Crippen molar-refractivity contribution in [1.82, 2.24) is 4.72 Å². The molecule has 1 aliphatic heterocycles. The molecule has 0 saturated carbocycles. The molecule has 2 rings (SSSR count). The average Bonchev–Trinajstić information content (AvgIpc) is 2.92. The standard InChI is InChI=1S/C12H18ClNO4S3/c13-10-1-2-11(20-10)21(16,17)14-9-12(18-6-5-15)3-7-19-8-4-12/h1-2,14-15H,3-9H2. The van der Waals surface area contributed by atoms with Crippen molar-refractivity contribution in [1.29, 1.82) is 0 Å². The third-order valence-electron chi connectivity index (χ3n) is 3.30. The first kappa shape index (κ1) is 17.5. The van der Waals surface area contributed by atoms with Crippen LogP contribution in [0.15, 0.2) is 16.3 Å². The van der Waals surface area contributed by atoms with E-state index in [0.717, 1.165) is 35.7 Å². The van der Waals surface area contributed by atoms with Crippen LogP contribution in [0, 0.1) is 0 Å². The summed E-state index contributed by atoms with van der Waals surface area (Å²) in [5, 5.41) is 8.94. The van der Waals surface area contributed by atoms with Crippen molar-refractivity contribution in [3.8, 4) is 0 Å². The first-order valence-corrected chi connectivity index (χ1v) is 10.4. The summed E-state index contributed by atoms with van der Waals surface area (Å²) in [6, 6.07) is 3.06. The second kappa shape index (κ2) is 7.63. The molecule has 0 unspecified atom stereocenters. The van der Waals surface area contributed by atoms with E-state index in [-0.39, 0.29) is 24.0 Å². The first-order chi connectivity index (χ1) is 9.97. The van der Waals surface area contributed by atoms with Crippen molar-refractivity contribution in [2.24, 2.45) is 0 Å². The fourth-order valence-electron chi connectivity index (χ4n) is 2.12. The zero-order chi connectivity index (χ0) is 15.3. The molecule has 1 saturated heterocycles. The molecule has 0 aliphatic carbocycles. The van der Waals surface area contributed by atoms with Gasteiger partial charge in [-0.15, -0.1) is 11.3 Å². The Kier molecular flexibility index (Phi) is 6.37. The molecular formula is C12H18ClNO4S3. The van der Waals surface area contributed by atoms with E-state index in [1.807, 2.05) is 11.8 Å². The molecule has 0 radical (unpaired) electrons. The number of ether oxygens (including phenoxy) is 1. The third kappa shape index (κ3) is 4.82. The normalized spacial score (nSPS) is 18.8. The summed E-state index contributed by atoms with van der Waals surface area (Å²) >= 11 is 8.64. The predicted molar refractivity (Wildman–Crippen MR) is 86.8 cm³/mol. The number of aliphatic hydroxyl groups excluding tert-OH is 1. The molecule has 5 nitrogen and oxygen atoms in total. The van der Waals surface area contributed by atoms with Crippen LogP contribution in [0.25, 0.3) is 0 Å². The molecule has 1 aromatic heterocycles. The number of thiophene rings is 1. The third-order valence-corrected chi connectivity index (χ3v) is 7.41. The molecule has 2 heterocycles. The highest BCUT2D eigenvalue weighted by molar-refractivity contribution is 7.99. The van der Waals surface area contributed by atoms with Gasteiger partial charge in [-0.05, 0) is 36.5 Å². The maximum Gasteiger partial charge on any atom is 0.250 e. The van der Waals surface area contributed by atoms with Gasteiger partial charge in [-0.3, -0.25) is 0 Å². The zero-order valence-corrected chi connectivity index (χ0v) is 14.6. The topological polar surface area (TPSA) is 75.6 Å². The van der Waals surface area contributed by atoms with Crippen LogP contribution in [0.1, 0.15) is 12.8 Å². The molecule has 0 bridgehead atoms. The zero-order valence-electron chi connectivity index (χ0n) is 11.4. The van der Waals surface area contributed by atoms with Crippen LogP contribution in [-0.2, 0) is 14.8 Å². The summed E-state index contributed by atoms with van der Waals surface area (Å²) in [5.74, 6) is 1.86. The molecule has 0 spiro atoms. The maximum atomic E-state index is 12.2. The van der Waals surface area contributed by atoms with Crippen LogP contribution in [0.2, 0.25) is 4.34 Å². The van der Waals surface area contributed by atoms with Crippen molar-refractivity contribution in [3.05, 3.63) is 16.5 Å². The summed E-state index contributed by atoms with van der Waals surface area (Å²) in [5.41, 5.74) is -0.526. The average molecular weight is 372 g/mol. The van der Waals surface area contributed by atoms with Crippen LogP contribution in [0.5, 0.6) is 0 Å². The van der Waals surface area contributed by atoms with Gasteiger partial charge in [0, 0.05) is 6.54 Å². The SMILES string of the molecule is O=S(=O)(NCC1(OCCO)CCSCC1)c1ccc(Cl)s1. The lowest BCUT2D eigenvalue weighted by atomic mass is 9.97. The summed E-state index contributed by atoms with van der Waals surface area (Å²) in [6.07, 6.45) is 1.54. The first-order valence-electron chi connectivity index (χ1n) is 6.55. The van der Waals surface area contributed by atoms with Gasteiger partial charge in [0.15, 0.2) is 0 Å². The Morgan fingerprint density at radius 2 is 2.10 bits per heavy atom. The van der Waals surface area contributed by atoms with Gasteiger partial charge < -0.3 is 9.84 Å². The quantitative estimate of drug-likeness (QED) is 0.766. The van der Waals surface area contributed by atoms with Crippen LogP contribution in [-0.4, -0.2) is 50.4 Å². The lowest BCUT2D eigenvalue weighted by Crippen LogP contribution is -2.47. The molecule has 1 fully saturated rings. The molecule has 120 valence electrons. The van der Waals surface area contributed by atoms with Gasteiger partial charge in [-0.1, -0.05) is 11.6 Å². The number of thioether (sulfide) groups is 1. The number of aliphatic hydroxyl groups is 1. The van der Waals surface area contributed by atoms with Gasteiger partial charge in [0.1, 0.15) is 4.21 Å². The van der Waals surface area contributed by atoms with E-state index in [0.29, 0.717) is 4.34 Å². The minimum Gasteiger partial charge on any atom is -0.394 e. The molecule has 1 aromatic rings. The molecular weight excluding hydrogens is 354 g/mol. The van der Waals surface area contributed by atoms with Crippen LogP contribution in [0.3, 0.4) is 0 Å². The van der Waals surface area contributed by atoms with Crippen molar-refractivity contribution < 1.29 is 18.3 Å². The highest BCUT2D eigenvalue weighted by Crippen LogP contribution is 2.31. The van der Waals surface area contributed by atoms with E-state index in [1.54, 1.807) is 6.07 Å². The Hall–Kier alpha value is 0.170. The Morgan fingerprint density at radius 3 is 2.67 bits per heavy atom. The van der Waals surface area contributed by atoms with E-state index in [1.165, 1.54) is 6.07 Å². The van der Waals surface area contributed by atoms with E-state index in [2.05, 4.69) is 4.72 Å².